The smallest absolute Gasteiger partial charge is 0.283 e. The van der Waals surface area contributed by atoms with Crippen molar-refractivity contribution in [2.75, 3.05) is 26.2 Å². The van der Waals surface area contributed by atoms with E-state index >= 15 is 0 Å². The molecular formula is C28H28N4O4. The number of nitrogens with zero attached hydrogens (tertiary/aromatic N) is 4. The average Bonchev–Trinajstić information content (AvgIpc) is 3.54. The Hall–Kier alpha value is -3.75. The zero-order chi connectivity index (χ0) is 24.5. The average molecular weight is 485 g/mol. The van der Waals surface area contributed by atoms with Crippen LogP contribution in [-0.4, -0.2) is 57.5 Å². The van der Waals surface area contributed by atoms with Crippen molar-refractivity contribution in [2.45, 2.75) is 31.8 Å². The van der Waals surface area contributed by atoms with Gasteiger partial charge in [0.15, 0.2) is 5.76 Å². The monoisotopic (exact) mass is 484 g/mol. The number of furan rings is 1. The number of benzene rings is 2. The van der Waals surface area contributed by atoms with Gasteiger partial charge in [-0.05, 0) is 61.7 Å². The number of aromatic nitrogens is 3. The van der Waals surface area contributed by atoms with Crippen LogP contribution < -0.4 is 4.74 Å². The van der Waals surface area contributed by atoms with Crippen LogP contribution in [0.1, 0.15) is 30.2 Å². The standard InChI is InChI=1S/C28H28N4O4/c1-18-30-31-28(35-18)27-14-23-25(7-4-8-26(23)36-27)34-17-22(33)16-32-11-9-19(10-12-32)21-13-20-5-2-3-6-24(20)29-15-21/h2-8,13-15,19,22,33H,9-12,16-17H2,1H3/t22-/m0/s1. The second-order valence-corrected chi connectivity index (χ2v) is 9.41. The fourth-order valence-corrected chi connectivity index (χ4v) is 4.96. The summed E-state index contributed by atoms with van der Waals surface area (Å²) in [6.45, 7) is 4.40. The zero-order valence-corrected chi connectivity index (χ0v) is 20.1. The van der Waals surface area contributed by atoms with Crippen molar-refractivity contribution < 1.29 is 18.7 Å². The van der Waals surface area contributed by atoms with Gasteiger partial charge in [-0.25, -0.2) is 0 Å². The van der Waals surface area contributed by atoms with E-state index in [1.807, 2.05) is 42.6 Å². The lowest BCUT2D eigenvalue weighted by atomic mass is 9.89. The van der Waals surface area contributed by atoms with Crippen molar-refractivity contribution in [3.8, 4) is 17.4 Å². The lowest BCUT2D eigenvalue weighted by Crippen LogP contribution is -2.40. The number of piperidine rings is 1. The quantitative estimate of drug-likeness (QED) is 0.346. The third-order valence-corrected chi connectivity index (χ3v) is 6.83. The Bertz CT molecular complexity index is 1490. The molecule has 36 heavy (non-hydrogen) atoms. The van der Waals surface area contributed by atoms with Crippen LogP contribution in [0.3, 0.4) is 0 Å². The molecule has 4 heterocycles. The van der Waals surface area contributed by atoms with Crippen LogP contribution in [0.4, 0.5) is 0 Å². The molecule has 3 aromatic heterocycles. The highest BCUT2D eigenvalue weighted by Crippen LogP contribution is 2.33. The van der Waals surface area contributed by atoms with E-state index in [9.17, 15) is 5.11 Å². The van der Waals surface area contributed by atoms with Crippen LogP contribution in [0.15, 0.2) is 69.6 Å². The number of rotatable bonds is 7. The van der Waals surface area contributed by atoms with Crippen molar-refractivity contribution in [2.24, 2.45) is 0 Å². The molecule has 0 unspecified atom stereocenters. The zero-order valence-electron chi connectivity index (χ0n) is 20.1. The first-order valence-corrected chi connectivity index (χ1v) is 12.3. The van der Waals surface area contributed by atoms with Crippen molar-refractivity contribution in [3.63, 3.8) is 0 Å². The van der Waals surface area contributed by atoms with Gasteiger partial charge in [0.2, 0.25) is 5.89 Å². The number of para-hydroxylation sites is 1. The maximum absolute atomic E-state index is 10.7. The third-order valence-electron chi connectivity index (χ3n) is 6.83. The number of hydrogen-bond acceptors (Lipinski definition) is 8. The highest BCUT2D eigenvalue weighted by Gasteiger charge is 2.23. The molecule has 0 radical (unpaired) electrons. The second kappa shape index (κ2) is 9.72. The Kier molecular flexibility index (Phi) is 6.13. The van der Waals surface area contributed by atoms with E-state index in [1.165, 1.54) is 10.9 Å². The van der Waals surface area contributed by atoms with E-state index in [1.54, 1.807) is 6.92 Å². The molecule has 0 aliphatic carbocycles. The highest BCUT2D eigenvalue weighted by molar-refractivity contribution is 5.87. The Balaban J connectivity index is 1.04. The number of β-amino-alcohol motifs (C(OH)–C–C–N with tert-alkyl or cyclic N) is 1. The number of aliphatic hydroxyl groups excluding tert-OH is 1. The molecule has 0 spiro atoms. The van der Waals surface area contributed by atoms with Gasteiger partial charge < -0.3 is 23.6 Å². The lowest BCUT2D eigenvalue weighted by Gasteiger charge is -2.33. The number of pyridine rings is 1. The van der Waals surface area contributed by atoms with Crippen molar-refractivity contribution in [1.82, 2.24) is 20.1 Å². The molecule has 8 nitrogen and oxygen atoms in total. The predicted octanol–water partition coefficient (Wildman–Crippen LogP) is 4.96. The fraction of sp³-hybridized carbons (Fsp3) is 0.321. The topological polar surface area (TPSA) is 97.7 Å². The molecule has 2 aromatic carbocycles. The molecule has 5 aromatic rings. The minimum atomic E-state index is -0.593. The van der Waals surface area contributed by atoms with E-state index in [-0.39, 0.29) is 6.61 Å². The van der Waals surface area contributed by atoms with Crippen molar-refractivity contribution in [3.05, 3.63) is 72.2 Å². The molecule has 0 amide bonds. The number of fused-ring (bicyclic) bond motifs is 2. The van der Waals surface area contributed by atoms with E-state index in [0.717, 1.165) is 36.8 Å². The summed E-state index contributed by atoms with van der Waals surface area (Å²) in [5.74, 6) is 2.45. The summed E-state index contributed by atoms with van der Waals surface area (Å²) in [5.41, 5.74) is 3.01. The van der Waals surface area contributed by atoms with Crippen LogP contribution in [0.25, 0.3) is 33.5 Å². The van der Waals surface area contributed by atoms with Gasteiger partial charge in [-0.2, -0.15) is 0 Å². The van der Waals surface area contributed by atoms with E-state index < -0.39 is 6.10 Å². The van der Waals surface area contributed by atoms with Gasteiger partial charge in [0.05, 0.1) is 10.9 Å². The summed E-state index contributed by atoms with van der Waals surface area (Å²) < 4.78 is 17.3. The first kappa shape index (κ1) is 22.7. The minimum absolute atomic E-state index is 0.202. The summed E-state index contributed by atoms with van der Waals surface area (Å²) in [6, 6.07) is 17.9. The molecule has 1 saturated heterocycles. The van der Waals surface area contributed by atoms with Crippen LogP contribution in [0.2, 0.25) is 0 Å². The maximum atomic E-state index is 10.7. The molecule has 1 aliphatic heterocycles. The van der Waals surface area contributed by atoms with Gasteiger partial charge in [-0.3, -0.25) is 4.98 Å². The molecule has 6 rings (SSSR count). The third kappa shape index (κ3) is 4.69. The second-order valence-electron chi connectivity index (χ2n) is 9.41. The normalized spacial score (nSPS) is 16.1. The number of aryl methyl sites for hydroxylation is 1. The molecule has 1 atom stereocenters. The Labute approximate surface area is 208 Å². The van der Waals surface area contributed by atoms with Gasteiger partial charge in [-0.1, -0.05) is 24.3 Å². The van der Waals surface area contributed by atoms with E-state index in [2.05, 4.69) is 38.3 Å². The molecule has 0 saturated carbocycles. The Morgan fingerprint density at radius 1 is 1.06 bits per heavy atom. The van der Waals surface area contributed by atoms with Gasteiger partial charge in [-0.15, -0.1) is 10.2 Å². The summed E-state index contributed by atoms with van der Waals surface area (Å²) in [7, 11) is 0. The predicted molar refractivity (Wildman–Crippen MR) is 136 cm³/mol. The summed E-state index contributed by atoms with van der Waals surface area (Å²) in [4.78, 5) is 6.94. The molecule has 1 N–H and O–H groups in total. The van der Waals surface area contributed by atoms with Crippen LogP contribution >= 0.6 is 0 Å². The Morgan fingerprint density at radius 2 is 1.92 bits per heavy atom. The van der Waals surface area contributed by atoms with Crippen LogP contribution in [0, 0.1) is 6.92 Å². The van der Waals surface area contributed by atoms with E-state index in [0.29, 0.717) is 41.3 Å². The summed E-state index contributed by atoms with van der Waals surface area (Å²) >= 11 is 0. The number of ether oxygens (including phenoxy) is 1. The van der Waals surface area contributed by atoms with Crippen LogP contribution in [-0.2, 0) is 0 Å². The lowest BCUT2D eigenvalue weighted by molar-refractivity contribution is 0.0599. The van der Waals surface area contributed by atoms with Crippen LogP contribution in [0.5, 0.6) is 5.75 Å². The minimum Gasteiger partial charge on any atom is -0.490 e. The first-order valence-electron chi connectivity index (χ1n) is 12.3. The largest absolute Gasteiger partial charge is 0.490 e. The molecule has 1 aliphatic rings. The molecule has 0 bridgehead atoms. The van der Waals surface area contributed by atoms with Gasteiger partial charge in [0.1, 0.15) is 24.0 Å². The van der Waals surface area contributed by atoms with Crippen molar-refractivity contribution in [1.29, 1.82) is 0 Å². The summed E-state index contributed by atoms with van der Waals surface area (Å²) in [5, 5.41) is 20.6. The Morgan fingerprint density at radius 3 is 2.75 bits per heavy atom. The SMILES string of the molecule is Cc1nnc(-c2cc3c(OC[C@@H](O)CN4CCC(c5cnc6ccccc6c5)CC4)cccc3o2)o1. The van der Waals surface area contributed by atoms with Crippen molar-refractivity contribution >= 4 is 21.9 Å². The molecule has 184 valence electrons. The molecular weight excluding hydrogens is 456 g/mol. The number of hydrogen-bond donors (Lipinski definition) is 1. The number of aliphatic hydroxyl groups is 1. The molecule has 1 fully saturated rings. The van der Waals surface area contributed by atoms with Gasteiger partial charge in [0.25, 0.3) is 5.89 Å². The van der Waals surface area contributed by atoms with E-state index in [4.69, 9.17) is 13.6 Å². The highest BCUT2D eigenvalue weighted by atomic mass is 16.5. The number of likely N-dealkylation sites (tertiary alicyclic amines) is 1. The maximum Gasteiger partial charge on any atom is 0.283 e. The molecule has 8 heteroatoms. The first-order chi connectivity index (χ1) is 17.6. The fourth-order valence-electron chi connectivity index (χ4n) is 4.96. The van der Waals surface area contributed by atoms with Gasteiger partial charge in [0, 0.05) is 31.1 Å². The summed E-state index contributed by atoms with van der Waals surface area (Å²) in [6.07, 6.45) is 3.54. The van der Waals surface area contributed by atoms with Gasteiger partial charge >= 0.3 is 0 Å².